The number of amides is 2. The molecule has 1 heterocycles. The van der Waals surface area contributed by atoms with Crippen molar-refractivity contribution in [1.29, 1.82) is 0 Å². The fourth-order valence-electron chi connectivity index (χ4n) is 3.13. The van der Waals surface area contributed by atoms with E-state index in [0.717, 1.165) is 5.56 Å². The number of ether oxygens (including phenoxy) is 2. The first-order valence-corrected chi connectivity index (χ1v) is 9.00. The Hall–Kier alpha value is -3.02. The van der Waals surface area contributed by atoms with Gasteiger partial charge in [-0.15, -0.1) is 0 Å². The molecule has 1 atom stereocenters. The highest BCUT2D eigenvalue weighted by molar-refractivity contribution is 5.95. The van der Waals surface area contributed by atoms with Crippen LogP contribution in [0.3, 0.4) is 0 Å². The predicted molar refractivity (Wildman–Crippen MR) is 102 cm³/mol. The molecule has 0 aromatic heterocycles. The molecule has 2 aromatic rings. The normalized spacial score (nSPS) is 13.1. The van der Waals surface area contributed by atoms with Crippen molar-refractivity contribution < 1.29 is 19.1 Å². The molecule has 6 nitrogen and oxygen atoms in total. The molecule has 1 aliphatic rings. The van der Waals surface area contributed by atoms with E-state index in [2.05, 4.69) is 5.32 Å². The van der Waals surface area contributed by atoms with Crippen LogP contribution in [0.2, 0.25) is 0 Å². The van der Waals surface area contributed by atoms with Crippen molar-refractivity contribution in [3.63, 3.8) is 0 Å². The highest BCUT2D eigenvalue weighted by Crippen LogP contribution is 2.33. The molecule has 0 spiro atoms. The standard InChI is InChI=1S/C21H24N2O4/c1-15(24)22-11-10-18(12-16-6-4-3-5-7-16)23(2)21(25)17-8-9-19-20(13-17)27-14-26-19/h3-9,13,18H,10-12,14H2,1-2H3,(H,22,24)/t18-/m1/s1. The van der Waals surface area contributed by atoms with Gasteiger partial charge in [-0.25, -0.2) is 0 Å². The summed E-state index contributed by atoms with van der Waals surface area (Å²) < 4.78 is 10.7. The number of likely N-dealkylation sites (N-methyl/N-ethyl adjacent to an activating group) is 1. The van der Waals surface area contributed by atoms with E-state index >= 15 is 0 Å². The smallest absolute Gasteiger partial charge is 0.253 e. The summed E-state index contributed by atoms with van der Waals surface area (Å²) >= 11 is 0. The van der Waals surface area contributed by atoms with Crippen LogP contribution in [0.5, 0.6) is 11.5 Å². The first-order chi connectivity index (χ1) is 13.0. The summed E-state index contributed by atoms with van der Waals surface area (Å²) in [7, 11) is 1.80. The molecule has 0 unspecified atom stereocenters. The number of nitrogens with one attached hydrogen (secondary N) is 1. The Bertz CT molecular complexity index is 807. The number of nitrogens with zero attached hydrogens (tertiary/aromatic N) is 1. The van der Waals surface area contributed by atoms with Crippen LogP contribution in [-0.2, 0) is 11.2 Å². The van der Waals surface area contributed by atoms with E-state index in [0.29, 0.717) is 36.4 Å². The minimum Gasteiger partial charge on any atom is -0.454 e. The molecular formula is C21H24N2O4. The molecule has 0 saturated heterocycles. The third kappa shape index (κ3) is 4.78. The lowest BCUT2D eigenvalue weighted by Crippen LogP contribution is -2.40. The average Bonchev–Trinajstić information content (AvgIpc) is 3.14. The molecule has 3 rings (SSSR count). The van der Waals surface area contributed by atoms with Crippen molar-refractivity contribution in [3.05, 3.63) is 59.7 Å². The van der Waals surface area contributed by atoms with Gasteiger partial charge < -0.3 is 19.7 Å². The van der Waals surface area contributed by atoms with Crippen LogP contribution >= 0.6 is 0 Å². The molecule has 0 aliphatic carbocycles. The monoisotopic (exact) mass is 368 g/mol. The van der Waals surface area contributed by atoms with Gasteiger partial charge in [0.05, 0.1) is 0 Å². The molecule has 0 fully saturated rings. The predicted octanol–water partition coefficient (Wildman–Crippen LogP) is 2.62. The second kappa shape index (κ2) is 8.58. The molecule has 6 heteroatoms. The molecule has 1 N–H and O–H groups in total. The summed E-state index contributed by atoms with van der Waals surface area (Å²) in [6, 6.07) is 15.2. The lowest BCUT2D eigenvalue weighted by Gasteiger charge is -2.29. The number of hydrogen-bond donors (Lipinski definition) is 1. The molecule has 1 aliphatic heterocycles. The number of carbonyl (C=O) groups excluding carboxylic acids is 2. The van der Waals surface area contributed by atoms with Gasteiger partial charge in [0.15, 0.2) is 11.5 Å². The second-order valence-electron chi connectivity index (χ2n) is 6.60. The van der Waals surface area contributed by atoms with Gasteiger partial charge in [0.25, 0.3) is 5.91 Å². The first-order valence-electron chi connectivity index (χ1n) is 9.00. The Morgan fingerprint density at radius 1 is 1.11 bits per heavy atom. The van der Waals surface area contributed by atoms with Crippen LogP contribution in [0.25, 0.3) is 0 Å². The highest BCUT2D eigenvalue weighted by atomic mass is 16.7. The van der Waals surface area contributed by atoms with Crippen molar-refractivity contribution in [2.75, 3.05) is 20.4 Å². The third-order valence-electron chi connectivity index (χ3n) is 4.65. The summed E-state index contributed by atoms with van der Waals surface area (Å²) in [6.07, 6.45) is 1.38. The topological polar surface area (TPSA) is 67.9 Å². The van der Waals surface area contributed by atoms with E-state index in [1.807, 2.05) is 30.3 Å². The molecule has 0 bridgehead atoms. The van der Waals surface area contributed by atoms with Crippen LogP contribution in [0, 0.1) is 0 Å². The van der Waals surface area contributed by atoms with E-state index < -0.39 is 0 Å². The van der Waals surface area contributed by atoms with Crippen LogP contribution in [0.15, 0.2) is 48.5 Å². The highest BCUT2D eigenvalue weighted by Gasteiger charge is 2.23. The van der Waals surface area contributed by atoms with E-state index in [1.165, 1.54) is 6.92 Å². The maximum absolute atomic E-state index is 13.0. The Kier molecular flexibility index (Phi) is 5.96. The maximum atomic E-state index is 13.0. The molecule has 142 valence electrons. The maximum Gasteiger partial charge on any atom is 0.253 e. The van der Waals surface area contributed by atoms with Crippen LogP contribution in [0.1, 0.15) is 29.3 Å². The Balaban J connectivity index is 1.74. The molecule has 27 heavy (non-hydrogen) atoms. The zero-order chi connectivity index (χ0) is 19.2. The van der Waals surface area contributed by atoms with Crippen molar-refractivity contribution >= 4 is 11.8 Å². The Morgan fingerprint density at radius 3 is 2.59 bits per heavy atom. The quantitative estimate of drug-likeness (QED) is 0.816. The first kappa shape index (κ1) is 18.8. The summed E-state index contributed by atoms with van der Waals surface area (Å²) in [5, 5.41) is 2.82. The van der Waals surface area contributed by atoms with Gasteiger partial charge in [0.1, 0.15) is 0 Å². The summed E-state index contributed by atoms with van der Waals surface area (Å²) in [5.41, 5.74) is 1.70. The number of fused-ring (bicyclic) bond motifs is 1. The van der Waals surface area contributed by atoms with Gasteiger partial charge in [-0.05, 0) is 36.6 Å². The number of rotatable bonds is 7. The van der Waals surface area contributed by atoms with E-state index in [9.17, 15) is 9.59 Å². The number of benzene rings is 2. The summed E-state index contributed by atoms with van der Waals surface area (Å²) in [4.78, 5) is 26.0. The molecule has 0 radical (unpaired) electrons. The van der Waals surface area contributed by atoms with Crippen LogP contribution < -0.4 is 14.8 Å². The van der Waals surface area contributed by atoms with Crippen molar-refractivity contribution in [3.8, 4) is 11.5 Å². The van der Waals surface area contributed by atoms with Gasteiger partial charge in [-0.1, -0.05) is 30.3 Å². The minimum absolute atomic E-state index is 0.0443. The molecule has 2 amide bonds. The Morgan fingerprint density at radius 2 is 1.85 bits per heavy atom. The van der Waals surface area contributed by atoms with Crippen molar-refractivity contribution in [1.82, 2.24) is 10.2 Å². The van der Waals surface area contributed by atoms with Crippen molar-refractivity contribution in [2.45, 2.75) is 25.8 Å². The number of hydrogen-bond acceptors (Lipinski definition) is 4. The second-order valence-corrected chi connectivity index (χ2v) is 6.60. The van der Waals surface area contributed by atoms with Gasteiger partial charge >= 0.3 is 0 Å². The Labute approximate surface area is 159 Å². The SMILES string of the molecule is CC(=O)NCC[C@H](Cc1ccccc1)N(C)C(=O)c1ccc2c(c1)OCO2. The largest absolute Gasteiger partial charge is 0.454 e. The zero-order valence-electron chi connectivity index (χ0n) is 15.6. The number of carbonyl (C=O) groups is 2. The fourth-order valence-corrected chi connectivity index (χ4v) is 3.13. The molecular weight excluding hydrogens is 344 g/mol. The van der Waals surface area contributed by atoms with Crippen LogP contribution in [0.4, 0.5) is 0 Å². The van der Waals surface area contributed by atoms with Gasteiger partial charge in [0, 0.05) is 32.1 Å². The van der Waals surface area contributed by atoms with Gasteiger partial charge in [-0.3, -0.25) is 9.59 Å². The average molecular weight is 368 g/mol. The summed E-state index contributed by atoms with van der Waals surface area (Å²) in [5.74, 6) is 1.09. The lowest BCUT2D eigenvalue weighted by atomic mass is 10.0. The summed E-state index contributed by atoms with van der Waals surface area (Å²) in [6.45, 7) is 2.19. The third-order valence-corrected chi connectivity index (χ3v) is 4.65. The van der Waals surface area contributed by atoms with Gasteiger partial charge in [-0.2, -0.15) is 0 Å². The lowest BCUT2D eigenvalue weighted by molar-refractivity contribution is -0.118. The zero-order valence-corrected chi connectivity index (χ0v) is 15.6. The van der Waals surface area contributed by atoms with E-state index in [1.54, 1.807) is 30.1 Å². The molecule has 2 aromatic carbocycles. The minimum atomic E-state index is -0.0861. The molecule has 0 saturated carbocycles. The van der Waals surface area contributed by atoms with Crippen LogP contribution in [-0.4, -0.2) is 43.1 Å². The van der Waals surface area contributed by atoms with E-state index in [4.69, 9.17) is 9.47 Å². The van der Waals surface area contributed by atoms with E-state index in [-0.39, 0.29) is 24.6 Å². The van der Waals surface area contributed by atoms with Gasteiger partial charge in [0.2, 0.25) is 12.7 Å². The van der Waals surface area contributed by atoms with Crippen molar-refractivity contribution in [2.24, 2.45) is 0 Å². The fraction of sp³-hybridized carbons (Fsp3) is 0.333.